The fourth-order valence-electron chi connectivity index (χ4n) is 6.04. The van der Waals surface area contributed by atoms with E-state index in [2.05, 4.69) is 36.4 Å². The largest absolute Gasteiger partial charge is 0.481 e. The number of benzene rings is 4. The highest BCUT2D eigenvalue weighted by Crippen LogP contribution is 2.41. The second-order valence-electron chi connectivity index (χ2n) is 11.4. The summed E-state index contributed by atoms with van der Waals surface area (Å²) in [5.41, 5.74) is 9.54. The van der Waals surface area contributed by atoms with Gasteiger partial charge in [-0.2, -0.15) is 0 Å². The molecule has 0 atom stereocenters. The van der Waals surface area contributed by atoms with Crippen molar-refractivity contribution in [2.45, 2.75) is 65.2 Å². The average molecular weight is 561 g/mol. The Bertz CT molecular complexity index is 1660. The highest BCUT2D eigenvalue weighted by atomic mass is 19.1. The topological polar surface area (TPSA) is 54.4 Å². The van der Waals surface area contributed by atoms with Gasteiger partial charge < -0.3 is 5.11 Å². The van der Waals surface area contributed by atoms with E-state index in [1.807, 2.05) is 57.2 Å². The first-order chi connectivity index (χ1) is 20.2. The van der Waals surface area contributed by atoms with Crippen LogP contribution < -0.4 is 0 Å². The van der Waals surface area contributed by atoms with Crippen LogP contribution in [0.4, 0.5) is 4.39 Å². The molecule has 4 aromatic carbocycles. The van der Waals surface area contributed by atoms with Crippen molar-refractivity contribution in [2.75, 3.05) is 0 Å². The normalized spacial score (nSPS) is 13.8. The molecule has 0 radical (unpaired) electrons. The number of carboxylic acid groups (broad SMARTS) is 1. The van der Waals surface area contributed by atoms with Crippen molar-refractivity contribution in [2.24, 2.45) is 0 Å². The summed E-state index contributed by atoms with van der Waals surface area (Å²) >= 11 is 0. The van der Waals surface area contributed by atoms with E-state index in [4.69, 9.17) is 0 Å². The van der Waals surface area contributed by atoms with Gasteiger partial charge in [-0.05, 0) is 95.7 Å². The number of carboxylic acids is 1. The summed E-state index contributed by atoms with van der Waals surface area (Å²) in [4.78, 5) is 24.5. The monoisotopic (exact) mass is 560 g/mol. The van der Waals surface area contributed by atoms with E-state index < -0.39 is 5.97 Å². The Balaban J connectivity index is 1.51. The van der Waals surface area contributed by atoms with Gasteiger partial charge in [-0.25, -0.2) is 4.39 Å². The first-order valence-corrected chi connectivity index (χ1v) is 14.8. The number of halogens is 1. The van der Waals surface area contributed by atoms with Crippen LogP contribution in [-0.2, 0) is 22.4 Å². The molecule has 0 bridgehead atoms. The van der Waals surface area contributed by atoms with Gasteiger partial charge >= 0.3 is 5.97 Å². The molecule has 214 valence electrons. The lowest BCUT2D eigenvalue weighted by Crippen LogP contribution is -2.09. The number of carbonyl (C=O) groups excluding carboxylic acids is 1. The first-order valence-electron chi connectivity index (χ1n) is 14.8. The molecule has 0 saturated heterocycles. The molecule has 1 fully saturated rings. The van der Waals surface area contributed by atoms with Crippen LogP contribution in [0.15, 0.2) is 90.5 Å². The molecular weight excluding hydrogens is 523 g/mol. The number of Topliss-reactive ketones (excluding diaryl/α,β-unsaturated/α-hetero) is 1. The van der Waals surface area contributed by atoms with Crippen molar-refractivity contribution in [1.82, 2.24) is 0 Å². The predicted octanol–water partition coefficient (Wildman–Crippen LogP) is 9.36. The van der Waals surface area contributed by atoms with E-state index in [1.165, 1.54) is 36.5 Å². The van der Waals surface area contributed by atoms with Gasteiger partial charge in [0.05, 0.1) is 6.42 Å². The Hall–Kier alpha value is -4.31. The van der Waals surface area contributed by atoms with Crippen LogP contribution in [0.2, 0.25) is 0 Å². The van der Waals surface area contributed by atoms with Gasteiger partial charge in [0.15, 0.2) is 5.78 Å². The molecule has 0 heterocycles. The van der Waals surface area contributed by atoms with Crippen LogP contribution in [0.3, 0.4) is 0 Å². The Morgan fingerprint density at radius 3 is 2.10 bits per heavy atom. The third kappa shape index (κ3) is 6.28. The number of carbonyl (C=O) groups is 2. The highest BCUT2D eigenvalue weighted by molar-refractivity contribution is 6.22. The van der Waals surface area contributed by atoms with Crippen molar-refractivity contribution in [3.63, 3.8) is 0 Å². The van der Waals surface area contributed by atoms with Crippen LogP contribution in [0.5, 0.6) is 0 Å². The van der Waals surface area contributed by atoms with Crippen molar-refractivity contribution in [3.8, 4) is 22.3 Å². The summed E-state index contributed by atoms with van der Waals surface area (Å²) in [6.45, 7) is 5.61. The van der Waals surface area contributed by atoms with E-state index >= 15 is 4.39 Å². The van der Waals surface area contributed by atoms with Gasteiger partial charge in [0, 0.05) is 17.6 Å². The lowest BCUT2D eigenvalue weighted by atomic mass is 9.77. The van der Waals surface area contributed by atoms with Gasteiger partial charge in [0.25, 0.3) is 0 Å². The minimum Gasteiger partial charge on any atom is -0.481 e. The van der Waals surface area contributed by atoms with Gasteiger partial charge in [0.2, 0.25) is 0 Å². The second-order valence-corrected chi connectivity index (χ2v) is 11.4. The summed E-state index contributed by atoms with van der Waals surface area (Å²) in [7, 11) is 0. The van der Waals surface area contributed by atoms with E-state index in [1.54, 1.807) is 6.07 Å². The molecule has 1 N–H and O–H groups in total. The SMILES string of the molecule is CCC(=O)/C(=C(/C)Cc1cccc(CC(=O)O)c1)c1cc(-c2ccc(-c3ccccc3C3CCC3)cc2)c(F)cc1C. The number of allylic oxidation sites excluding steroid dienone is 2. The minimum absolute atomic E-state index is 0.00204. The van der Waals surface area contributed by atoms with Gasteiger partial charge in [-0.15, -0.1) is 0 Å². The lowest BCUT2D eigenvalue weighted by molar-refractivity contribution is -0.136. The van der Waals surface area contributed by atoms with Gasteiger partial charge in [-0.3, -0.25) is 9.59 Å². The highest BCUT2D eigenvalue weighted by Gasteiger charge is 2.23. The predicted molar refractivity (Wildman–Crippen MR) is 168 cm³/mol. The molecule has 0 unspecified atom stereocenters. The number of aryl methyl sites for hydroxylation is 1. The molecule has 42 heavy (non-hydrogen) atoms. The minimum atomic E-state index is -0.883. The maximum atomic E-state index is 15.5. The number of hydrogen-bond donors (Lipinski definition) is 1. The summed E-state index contributed by atoms with van der Waals surface area (Å²) < 4.78 is 15.5. The van der Waals surface area contributed by atoms with Crippen LogP contribution in [0.25, 0.3) is 27.8 Å². The molecule has 0 aromatic heterocycles. The lowest BCUT2D eigenvalue weighted by Gasteiger charge is -2.28. The van der Waals surface area contributed by atoms with Crippen LogP contribution >= 0.6 is 0 Å². The summed E-state index contributed by atoms with van der Waals surface area (Å²) in [6.07, 6.45) is 4.50. The maximum Gasteiger partial charge on any atom is 0.307 e. The van der Waals surface area contributed by atoms with E-state index in [-0.39, 0.29) is 18.0 Å². The molecule has 1 aliphatic carbocycles. The average Bonchev–Trinajstić information content (AvgIpc) is 2.93. The molecule has 0 aliphatic heterocycles. The van der Waals surface area contributed by atoms with E-state index in [9.17, 15) is 14.7 Å². The smallest absolute Gasteiger partial charge is 0.307 e. The van der Waals surface area contributed by atoms with E-state index in [0.717, 1.165) is 33.4 Å². The van der Waals surface area contributed by atoms with E-state index in [0.29, 0.717) is 35.5 Å². The third-order valence-corrected chi connectivity index (χ3v) is 8.44. The Kier molecular flexibility index (Phi) is 8.82. The molecular formula is C38H37FO3. The number of ketones is 1. The van der Waals surface area contributed by atoms with Crippen LogP contribution in [0, 0.1) is 12.7 Å². The zero-order valence-corrected chi connectivity index (χ0v) is 24.5. The molecule has 1 saturated carbocycles. The molecule has 3 nitrogen and oxygen atoms in total. The Morgan fingerprint density at radius 2 is 1.48 bits per heavy atom. The molecule has 0 spiro atoms. The van der Waals surface area contributed by atoms with Crippen LogP contribution in [0.1, 0.15) is 73.3 Å². The van der Waals surface area contributed by atoms with Gasteiger partial charge in [-0.1, -0.05) is 91.7 Å². The summed E-state index contributed by atoms with van der Waals surface area (Å²) in [5.74, 6) is -0.590. The Morgan fingerprint density at radius 1 is 0.833 bits per heavy atom. The summed E-state index contributed by atoms with van der Waals surface area (Å²) in [5, 5.41) is 9.19. The second kappa shape index (κ2) is 12.7. The molecule has 0 amide bonds. The fourth-order valence-corrected chi connectivity index (χ4v) is 6.04. The quantitative estimate of drug-likeness (QED) is 0.197. The van der Waals surface area contributed by atoms with Crippen molar-refractivity contribution >= 4 is 17.3 Å². The molecule has 5 rings (SSSR count). The molecule has 4 heteroatoms. The fraction of sp³-hybridized carbons (Fsp3) is 0.263. The van der Waals surface area contributed by atoms with Crippen molar-refractivity contribution < 1.29 is 19.1 Å². The standard InChI is InChI=1S/C38H37FO3/c1-4-36(40)38(25(3)19-26-9-7-10-27(21-26)22-37(41)42)33-23-34(35(39)20-24(33)2)30-17-15-29(16-18-30)32-14-6-5-13-31(32)28-11-8-12-28/h5-7,9-10,13-18,20-21,23,28H,4,8,11-12,19,22H2,1-3H3,(H,41,42)/b38-25-. The van der Waals surface area contributed by atoms with Crippen molar-refractivity contribution in [1.29, 1.82) is 0 Å². The number of rotatable bonds is 10. The summed E-state index contributed by atoms with van der Waals surface area (Å²) in [6, 6.07) is 27.4. The zero-order chi connectivity index (χ0) is 29.8. The number of aliphatic carboxylic acids is 1. The number of hydrogen-bond acceptors (Lipinski definition) is 2. The molecule has 4 aromatic rings. The first kappa shape index (κ1) is 29.2. The van der Waals surface area contributed by atoms with Gasteiger partial charge in [0.1, 0.15) is 5.82 Å². The maximum absolute atomic E-state index is 15.5. The zero-order valence-electron chi connectivity index (χ0n) is 24.5. The molecule has 1 aliphatic rings. The Labute approximate surface area is 247 Å². The van der Waals surface area contributed by atoms with Crippen molar-refractivity contribution in [3.05, 3.63) is 124 Å². The van der Waals surface area contributed by atoms with Crippen LogP contribution in [-0.4, -0.2) is 16.9 Å². The third-order valence-electron chi connectivity index (χ3n) is 8.44.